The van der Waals surface area contributed by atoms with Crippen LogP contribution in [0.5, 0.6) is 0 Å². The second kappa shape index (κ2) is 7.45. The molecule has 0 atom stereocenters. The Morgan fingerprint density at radius 3 is 2.30 bits per heavy atom. The molecule has 0 saturated heterocycles. The Kier molecular flexibility index (Phi) is 5.81. The van der Waals surface area contributed by atoms with Crippen LogP contribution in [0.1, 0.15) is 46.0 Å². The minimum atomic E-state index is -3.48. The van der Waals surface area contributed by atoms with Crippen LogP contribution in [0.4, 0.5) is 5.69 Å². The first-order valence-electron chi connectivity index (χ1n) is 8.18. The van der Waals surface area contributed by atoms with Crippen LogP contribution >= 0.6 is 0 Å². The number of hydrogen-bond donors (Lipinski definition) is 1. The van der Waals surface area contributed by atoms with Gasteiger partial charge in [-0.1, -0.05) is 12.8 Å². The highest BCUT2D eigenvalue weighted by molar-refractivity contribution is 7.89. The molecule has 1 aliphatic rings. The van der Waals surface area contributed by atoms with Crippen LogP contribution in [0.2, 0.25) is 0 Å². The highest BCUT2D eigenvalue weighted by Gasteiger charge is 2.23. The molecule has 0 bridgehead atoms. The van der Waals surface area contributed by atoms with Gasteiger partial charge in [0.15, 0.2) is 0 Å². The molecule has 6 heteroatoms. The smallest absolute Gasteiger partial charge is 0.243 e. The van der Waals surface area contributed by atoms with E-state index in [1.54, 1.807) is 31.3 Å². The highest BCUT2D eigenvalue weighted by atomic mass is 32.2. The Labute approximate surface area is 139 Å². The van der Waals surface area contributed by atoms with Crippen molar-refractivity contribution in [1.29, 1.82) is 0 Å². The number of nitrogens with one attached hydrogen (secondary N) is 1. The topological polar surface area (TPSA) is 66.5 Å². The van der Waals surface area contributed by atoms with E-state index in [9.17, 15) is 13.2 Å². The van der Waals surface area contributed by atoms with Gasteiger partial charge in [0.2, 0.25) is 15.9 Å². The number of sulfonamides is 1. The number of rotatable bonds is 6. The van der Waals surface area contributed by atoms with Crippen molar-refractivity contribution < 1.29 is 13.2 Å². The molecule has 1 fully saturated rings. The zero-order valence-corrected chi connectivity index (χ0v) is 14.9. The summed E-state index contributed by atoms with van der Waals surface area (Å²) in [6.07, 6.45) is 5.25. The molecule has 1 aromatic carbocycles. The number of hydrogen-bond acceptors (Lipinski definition) is 3. The molecule has 23 heavy (non-hydrogen) atoms. The second-order valence-corrected chi connectivity index (χ2v) is 8.54. The van der Waals surface area contributed by atoms with Crippen molar-refractivity contribution in [2.75, 3.05) is 12.4 Å². The van der Waals surface area contributed by atoms with Crippen molar-refractivity contribution in [2.45, 2.75) is 56.9 Å². The first-order chi connectivity index (χ1) is 10.8. The van der Waals surface area contributed by atoms with Gasteiger partial charge in [0, 0.05) is 25.2 Å². The van der Waals surface area contributed by atoms with Gasteiger partial charge >= 0.3 is 0 Å². The summed E-state index contributed by atoms with van der Waals surface area (Å²) in [6.45, 7) is 3.66. The Morgan fingerprint density at radius 1 is 1.22 bits per heavy atom. The summed E-state index contributed by atoms with van der Waals surface area (Å²) in [5, 5.41) is 2.85. The summed E-state index contributed by atoms with van der Waals surface area (Å²) in [5.74, 6) is 0.501. The number of amides is 1. The summed E-state index contributed by atoms with van der Waals surface area (Å²) in [7, 11) is -1.91. The molecule has 1 aromatic rings. The van der Waals surface area contributed by atoms with Crippen LogP contribution in [-0.4, -0.2) is 31.7 Å². The van der Waals surface area contributed by atoms with E-state index in [0.29, 0.717) is 18.0 Å². The standard InChI is InChI=1S/C17H26N2O3S/c1-13(2)19(3)23(21,22)16-10-8-15(9-11-16)18-17(20)12-14-6-4-5-7-14/h8-11,13-14H,4-7,12H2,1-3H3,(H,18,20). The Balaban J connectivity index is 2.00. The summed E-state index contributed by atoms with van der Waals surface area (Å²) >= 11 is 0. The van der Waals surface area contributed by atoms with E-state index in [2.05, 4.69) is 5.32 Å². The number of anilines is 1. The maximum absolute atomic E-state index is 12.4. The van der Waals surface area contributed by atoms with Crippen LogP contribution in [-0.2, 0) is 14.8 Å². The molecule has 0 radical (unpaired) electrons. The summed E-state index contributed by atoms with van der Waals surface area (Å²) in [4.78, 5) is 12.2. The Hall–Kier alpha value is -1.40. The average molecular weight is 338 g/mol. The lowest BCUT2D eigenvalue weighted by atomic mass is 10.0. The van der Waals surface area contributed by atoms with E-state index >= 15 is 0 Å². The molecule has 128 valence electrons. The minimum absolute atomic E-state index is 0.00630. The third-order valence-corrected chi connectivity index (χ3v) is 6.54. The fraction of sp³-hybridized carbons (Fsp3) is 0.588. The maximum atomic E-state index is 12.4. The van der Waals surface area contributed by atoms with Crippen LogP contribution in [0.3, 0.4) is 0 Å². The highest BCUT2D eigenvalue weighted by Crippen LogP contribution is 2.28. The van der Waals surface area contributed by atoms with Gasteiger partial charge in [-0.25, -0.2) is 8.42 Å². The minimum Gasteiger partial charge on any atom is -0.326 e. The van der Waals surface area contributed by atoms with E-state index in [1.807, 2.05) is 13.8 Å². The molecule has 0 heterocycles. The molecule has 0 unspecified atom stereocenters. The Bertz CT molecular complexity index is 632. The third-order valence-electron chi connectivity index (χ3n) is 4.49. The van der Waals surface area contributed by atoms with Crippen molar-refractivity contribution >= 4 is 21.6 Å². The predicted molar refractivity (Wildman–Crippen MR) is 91.7 cm³/mol. The SMILES string of the molecule is CC(C)N(C)S(=O)(=O)c1ccc(NC(=O)CC2CCCC2)cc1. The van der Waals surface area contributed by atoms with E-state index in [1.165, 1.54) is 17.1 Å². The van der Waals surface area contributed by atoms with Crippen molar-refractivity contribution in [3.8, 4) is 0 Å². The average Bonchev–Trinajstić information content (AvgIpc) is 2.99. The fourth-order valence-electron chi connectivity index (χ4n) is 2.84. The van der Waals surface area contributed by atoms with Gasteiger partial charge in [-0.3, -0.25) is 4.79 Å². The molecule has 0 aliphatic heterocycles. The summed E-state index contributed by atoms with van der Waals surface area (Å²) in [6, 6.07) is 6.27. The lowest BCUT2D eigenvalue weighted by Gasteiger charge is -2.21. The van der Waals surface area contributed by atoms with Crippen molar-refractivity contribution in [3.63, 3.8) is 0 Å². The number of carbonyl (C=O) groups excluding carboxylic acids is 1. The third kappa shape index (κ3) is 4.54. The first-order valence-corrected chi connectivity index (χ1v) is 9.62. The van der Waals surface area contributed by atoms with Gasteiger partial charge in [-0.15, -0.1) is 0 Å². The molecule has 0 aromatic heterocycles. The Morgan fingerprint density at radius 2 is 1.78 bits per heavy atom. The molecule has 1 saturated carbocycles. The van der Waals surface area contributed by atoms with Crippen molar-refractivity contribution in [2.24, 2.45) is 5.92 Å². The van der Waals surface area contributed by atoms with Gasteiger partial charge < -0.3 is 5.32 Å². The van der Waals surface area contributed by atoms with E-state index < -0.39 is 10.0 Å². The zero-order valence-electron chi connectivity index (χ0n) is 14.1. The van der Waals surface area contributed by atoms with E-state index in [0.717, 1.165) is 12.8 Å². The van der Waals surface area contributed by atoms with E-state index in [-0.39, 0.29) is 16.8 Å². The monoisotopic (exact) mass is 338 g/mol. The normalized spacial score (nSPS) is 16.2. The number of benzene rings is 1. The molecule has 0 spiro atoms. The van der Waals surface area contributed by atoms with Gasteiger partial charge in [-0.05, 0) is 56.9 Å². The second-order valence-electron chi connectivity index (χ2n) is 6.54. The lowest BCUT2D eigenvalue weighted by molar-refractivity contribution is -0.117. The zero-order chi connectivity index (χ0) is 17.0. The molecular weight excluding hydrogens is 312 g/mol. The van der Waals surface area contributed by atoms with Crippen molar-refractivity contribution in [1.82, 2.24) is 4.31 Å². The lowest BCUT2D eigenvalue weighted by Crippen LogP contribution is -2.33. The number of carbonyl (C=O) groups is 1. The summed E-state index contributed by atoms with van der Waals surface area (Å²) in [5.41, 5.74) is 0.638. The molecule has 1 aliphatic carbocycles. The maximum Gasteiger partial charge on any atom is 0.243 e. The van der Waals surface area contributed by atoms with E-state index in [4.69, 9.17) is 0 Å². The van der Waals surface area contributed by atoms with Gasteiger partial charge in [-0.2, -0.15) is 4.31 Å². The quantitative estimate of drug-likeness (QED) is 0.866. The molecule has 1 N–H and O–H groups in total. The molecule has 5 nitrogen and oxygen atoms in total. The van der Waals surface area contributed by atoms with Gasteiger partial charge in [0.25, 0.3) is 0 Å². The summed E-state index contributed by atoms with van der Waals surface area (Å²) < 4.78 is 26.1. The fourth-order valence-corrected chi connectivity index (χ4v) is 4.21. The van der Waals surface area contributed by atoms with Crippen LogP contribution in [0.25, 0.3) is 0 Å². The first kappa shape index (κ1) is 17.9. The molecular formula is C17H26N2O3S. The van der Waals surface area contributed by atoms with Crippen LogP contribution in [0.15, 0.2) is 29.2 Å². The van der Waals surface area contributed by atoms with Crippen molar-refractivity contribution in [3.05, 3.63) is 24.3 Å². The predicted octanol–water partition coefficient (Wildman–Crippen LogP) is 3.23. The van der Waals surface area contributed by atoms with Gasteiger partial charge in [0.05, 0.1) is 4.90 Å². The largest absolute Gasteiger partial charge is 0.326 e. The van der Waals surface area contributed by atoms with Crippen LogP contribution in [0, 0.1) is 5.92 Å². The number of nitrogens with zero attached hydrogens (tertiary/aromatic N) is 1. The van der Waals surface area contributed by atoms with Gasteiger partial charge in [0.1, 0.15) is 0 Å². The van der Waals surface area contributed by atoms with Crippen LogP contribution < -0.4 is 5.32 Å². The molecule has 2 rings (SSSR count). The molecule has 1 amide bonds.